The first-order chi connectivity index (χ1) is 9.13. The highest BCUT2D eigenvalue weighted by Gasteiger charge is 2.16. The fraction of sp³-hybridized carbons (Fsp3) is 0.714. The van der Waals surface area contributed by atoms with Crippen LogP contribution in [0.25, 0.3) is 0 Å². The minimum absolute atomic E-state index is 0.622. The summed E-state index contributed by atoms with van der Waals surface area (Å²) in [5.74, 6) is 2.96. The number of nitrogens with one attached hydrogen (secondary N) is 1. The van der Waals surface area contributed by atoms with Crippen LogP contribution in [0, 0.1) is 5.92 Å². The smallest absolute Gasteiger partial charge is 0.204 e. The zero-order valence-corrected chi connectivity index (χ0v) is 12.7. The summed E-state index contributed by atoms with van der Waals surface area (Å²) in [6, 6.07) is 0. The first-order valence-electron chi connectivity index (χ1n) is 6.97. The topological polar surface area (TPSA) is 50.3 Å². The van der Waals surface area contributed by atoms with Crippen molar-refractivity contribution in [3.8, 4) is 5.75 Å². The Bertz CT molecular complexity index is 384. The maximum atomic E-state index is 5.48. The minimum Gasteiger partial charge on any atom is -0.490 e. The third kappa shape index (κ3) is 4.26. The SMILES string of the molecule is CCCNc1ncnc(N(C)CC(C)CC)c1OC. The molecule has 0 saturated carbocycles. The van der Waals surface area contributed by atoms with Crippen molar-refractivity contribution in [1.82, 2.24) is 9.97 Å². The van der Waals surface area contributed by atoms with Gasteiger partial charge in [0.25, 0.3) is 0 Å². The largest absolute Gasteiger partial charge is 0.490 e. The van der Waals surface area contributed by atoms with E-state index in [0.29, 0.717) is 5.92 Å². The van der Waals surface area contributed by atoms with Gasteiger partial charge in [-0.05, 0) is 12.3 Å². The summed E-state index contributed by atoms with van der Waals surface area (Å²) in [5, 5.41) is 3.27. The quantitative estimate of drug-likeness (QED) is 0.784. The Morgan fingerprint density at radius 2 is 2.11 bits per heavy atom. The molecule has 0 aromatic carbocycles. The number of anilines is 2. The molecule has 0 amide bonds. The van der Waals surface area contributed by atoms with E-state index in [0.717, 1.165) is 43.3 Å². The van der Waals surface area contributed by atoms with Gasteiger partial charge in [0.1, 0.15) is 6.33 Å². The third-order valence-electron chi connectivity index (χ3n) is 3.18. The van der Waals surface area contributed by atoms with E-state index < -0.39 is 0 Å². The Morgan fingerprint density at radius 3 is 2.68 bits per heavy atom. The Balaban J connectivity index is 2.92. The lowest BCUT2D eigenvalue weighted by Gasteiger charge is -2.24. The van der Waals surface area contributed by atoms with Crippen LogP contribution in [0.1, 0.15) is 33.6 Å². The molecule has 1 heterocycles. The van der Waals surface area contributed by atoms with Crippen molar-refractivity contribution in [2.45, 2.75) is 33.6 Å². The van der Waals surface area contributed by atoms with E-state index in [1.165, 1.54) is 0 Å². The van der Waals surface area contributed by atoms with Gasteiger partial charge in [-0.15, -0.1) is 0 Å². The summed E-state index contributed by atoms with van der Waals surface area (Å²) in [5.41, 5.74) is 0. The fourth-order valence-electron chi connectivity index (χ4n) is 1.88. The summed E-state index contributed by atoms with van der Waals surface area (Å²) in [7, 11) is 3.71. The van der Waals surface area contributed by atoms with Crippen LogP contribution < -0.4 is 15.0 Å². The number of nitrogens with zero attached hydrogens (tertiary/aromatic N) is 3. The second-order valence-corrected chi connectivity index (χ2v) is 4.90. The lowest BCUT2D eigenvalue weighted by Crippen LogP contribution is -2.25. The molecule has 0 radical (unpaired) electrons. The summed E-state index contributed by atoms with van der Waals surface area (Å²) >= 11 is 0. The van der Waals surface area contributed by atoms with Crippen LogP contribution in [-0.2, 0) is 0 Å². The molecule has 1 aromatic heterocycles. The van der Waals surface area contributed by atoms with Crippen LogP contribution in [0.4, 0.5) is 11.6 Å². The van der Waals surface area contributed by atoms with Crippen molar-refractivity contribution in [2.75, 3.05) is 37.5 Å². The predicted molar refractivity (Wildman–Crippen MR) is 80.1 cm³/mol. The van der Waals surface area contributed by atoms with Crippen molar-refractivity contribution in [2.24, 2.45) is 5.92 Å². The zero-order chi connectivity index (χ0) is 14.3. The van der Waals surface area contributed by atoms with Crippen molar-refractivity contribution < 1.29 is 4.74 Å². The van der Waals surface area contributed by atoms with Gasteiger partial charge in [0, 0.05) is 20.1 Å². The molecule has 1 atom stereocenters. The summed E-state index contributed by atoms with van der Waals surface area (Å²) in [6.45, 7) is 8.39. The molecule has 19 heavy (non-hydrogen) atoms. The Kier molecular flexibility index (Phi) is 6.39. The predicted octanol–water partition coefficient (Wildman–Crippen LogP) is 2.79. The molecule has 1 unspecified atom stereocenters. The molecule has 5 heteroatoms. The number of hydrogen-bond acceptors (Lipinski definition) is 5. The van der Waals surface area contributed by atoms with Crippen molar-refractivity contribution >= 4 is 11.6 Å². The van der Waals surface area contributed by atoms with Crippen LogP contribution in [0.2, 0.25) is 0 Å². The van der Waals surface area contributed by atoms with E-state index in [4.69, 9.17) is 4.74 Å². The summed E-state index contributed by atoms with van der Waals surface area (Å²) in [6.07, 6.45) is 3.78. The standard InChI is InChI=1S/C14H26N4O/c1-6-8-15-13-12(19-5)14(17-10-16-13)18(4)9-11(3)7-2/h10-11H,6-9H2,1-5H3,(H,15,16,17). The highest BCUT2D eigenvalue weighted by atomic mass is 16.5. The van der Waals surface area contributed by atoms with Crippen molar-refractivity contribution in [1.29, 1.82) is 0 Å². The van der Waals surface area contributed by atoms with Gasteiger partial charge in [-0.1, -0.05) is 27.2 Å². The minimum atomic E-state index is 0.622. The van der Waals surface area contributed by atoms with Gasteiger partial charge in [0.2, 0.25) is 5.75 Å². The molecule has 0 aliphatic rings. The zero-order valence-electron chi connectivity index (χ0n) is 12.7. The van der Waals surface area contributed by atoms with Gasteiger partial charge in [-0.25, -0.2) is 9.97 Å². The second kappa shape index (κ2) is 7.81. The highest BCUT2D eigenvalue weighted by molar-refractivity contribution is 5.64. The first-order valence-corrected chi connectivity index (χ1v) is 6.97. The molecule has 1 N–H and O–H groups in total. The van der Waals surface area contributed by atoms with Crippen LogP contribution in [0.15, 0.2) is 6.33 Å². The van der Waals surface area contributed by atoms with E-state index >= 15 is 0 Å². The lowest BCUT2D eigenvalue weighted by atomic mass is 10.1. The molecule has 0 saturated heterocycles. The van der Waals surface area contributed by atoms with Crippen molar-refractivity contribution in [3.63, 3.8) is 0 Å². The second-order valence-electron chi connectivity index (χ2n) is 4.90. The van der Waals surface area contributed by atoms with E-state index in [2.05, 4.69) is 41.0 Å². The molecule has 1 aromatic rings. The fourth-order valence-corrected chi connectivity index (χ4v) is 1.88. The van der Waals surface area contributed by atoms with Gasteiger partial charge < -0.3 is 15.0 Å². The van der Waals surface area contributed by atoms with E-state index in [1.54, 1.807) is 13.4 Å². The number of hydrogen-bond donors (Lipinski definition) is 1. The molecule has 0 aliphatic heterocycles. The van der Waals surface area contributed by atoms with Crippen LogP contribution in [0.3, 0.4) is 0 Å². The molecule has 0 aliphatic carbocycles. The highest BCUT2D eigenvalue weighted by Crippen LogP contribution is 2.31. The number of methoxy groups -OCH3 is 1. The number of ether oxygens (including phenoxy) is 1. The molecule has 0 fully saturated rings. The normalized spacial score (nSPS) is 12.1. The third-order valence-corrected chi connectivity index (χ3v) is 3.18. The summed E-state index contributed by atoms with van der Waals surface area (Å²) in [4.78, 5) is 10.7. The maximum absolute atomic E-state index is 5.48. The summed E-state index contributed by atoms with van der Waals surface area (Å²) < 4.78 is 5.48. The number of aromatic nitrogens is 2. The monoisotopic (exact) mass is 266 g/mol. The molecule has 5 nitrogen and oxygen atoms in total. The van der Waals surface area contributed by atoms with Gasteiger partial charge in [0.15, 0.2) is 11.6 Å². The molecule has 108 valence electrons. The van der Waals surface area contributed by atoms with Gasteiger partial charge in [-0.3, -0.25) is 0 Å². The van der Waals surface area contributed by atoms with Crippen LogP contribution in [-0.4, -0.2) is 37.2 Å². The number of rotatable bonds is 8. The average Bonchev–Trinajstić information content (AvgIpc) is 2.44. The lowest BCUT2D eigenvalue weighted by molar-refractivity contribution is 0.411. The Labute approximate surface area is 116 Å². The Morgan fingerprint density at radius 1 is 1.37 bits per heavy atom. The van der Waals surface area contributed by atoms with Gasteiger partial charge in [-0.2, -0.15) is 0 Å². The molecular formula is C14H26N4O. The Hall–Kier alpha value is -1.52. The maximum Gasteiger partial charge on any atom is 0.204 e. The van der Waals surface area contributed by atoms with Gasteiger partial charge in [0.05, 0.1) is 7.11 Å². The molecule has 1 rings (SSSR count). The van der Waals surface area contributed by atoms with E-state index in [-0.39, 0.29) is 0 Å². The van der Waals surface area contributed by atoms with Crippen LogP contribution in [0.5, 0.6) is 5.75 Å². The average molecular weight is 266 g/mol. The molecular weight excluding hydrogens is 240 g/mol. The first kappa shape index (κ1) is 15.5. The molecule has 0 spiro atoms. The van der Waals surface area contributed by atoms with Gasteiger partial charge >= 0.3 is 0 Å². The van der Waals surface area contributed by atoms with Crippen LogP contribution >= 0.6 is 0 Å². The molecule has 0 bridgehead atoms. The van der Waals surface area contributed by atoms with Crippen molar-refractivity contribution in [3.05, 3.63) is 6.33 Å². The van der Waals surface area contributed by atoms with E-state index in [9.17, 15) is 0 Å². The van der Waals surface area contributed by atoms with E-state index in [1.807, 2.05) is 7.05 Å².